The minimum Gasteiger partial charge on any atom is -0.481 e. The molecule has 4 heteroatoms. The van der Waals surface area contributed by atoms with Gasteiger partial charge in [0.25, 0.3) is 0 Å². The van der Waals surface area contributed by atoms with Gasteiger partial charge in [-0.05, 0) is 18.9 Å². The standard InChI is InChI=1S/C16H23NO3/c1-3-16(12-15(18)19,17-8-10-20-11-9-17)14-6-4-13(2)5-7-14/h4-7H,3,8-12H2,1-2H3,(H,18,19). The van der Waals surface area contributed by atoms with Crippen LogP contribution in [0.1, 0.15) is 30.9 Å². The van der Waals surface area contributed by atoms with Gasteiger partial charge in [0.2, 0.25) is 0 Å². The second-order valence-electron chi connectivity index (χ2n) is 5.42. The highest BCUT2D eigenvalue weighted by Gasteiger charge is 2.39. The molecule has 1 aromatic carbocycles. The number of aliphatic carboxylic acids is 1. The third-order valence-electron chi connectivity index (χ3n) is 4.23. The van der Waals surface area contributed by atoms with E-state index in [1.54, 1.807) is 0 Å². The second-order valence-corrected chi connectivity index (χ2v) is 5.42. The highest BCUT2D eigenvalue weighted by Crippen LogP contribution is 2.36. The number of carbonyl (C=O) groups is 1. The summed E-state index contributed by atoms with van der Waals surface area (Å²) in [6.45, 7) is 7.03. The molecule has 1 unspecified atom stereocenters. The summed E-state index contributed by atoms with van der Waals surface area (Å²) in [4.78, 5) is 13.7. The molecule has 0 radical (unpaired) electrons. The lowest BCUT2D eigenvalue weighted by molar-refractivity contribution is -0.142. The molecule has 1 aromatic rings. The molecule has 0 amide bonds. The number of aryl methyl sites for hydroxylation is 1. The summed E-state index contributed by atoms with van der Waals surface area (Å²) >= 11 is 0. The van der Waals surface area contributed by atoms with Crippen LogP contribution in [-0.2, 0) is 15.1 Å². The number of hydrogen-bond acceptors (Lipinski definition) is 3. The number of hydrogen-bond donors (Lipinski definition) is 1. The molecule has 1 aliphatic rings. The van der Waals surface area contributed by atoms with Crippen molar-refractivity contribution in [3.8, 4) is 0 Å². The van der Waals surface area contributed by atoms with Gasteiger partial charge in [-0.25, -0.2) is 0 Å². The monoisotopic (exact) mass is 277 g/mol. The van der Waals surface area contributed by atoms with Gasteiger partial charge >= 0.3 is 5.97 Å². The predicted octanol–water partition coefficient (Wildman–Crippen LogP) is 2.41. The van der Waals surface area contributed by atoms with Crippen molar-refractivity contribution in [3.05, 3.63) is 35.4 Å². The molecule has 20 heavy (non-hydrogen) atoms. The highest BCUT2D eigenvalue weighted by molar-refractivity contribution is 5.69. The van der Waals surface area contributed by atoms with Gasteiger partial charge in [-0.2, -0.15) is 0 Å². The Balaban J connectivity index is 2.39. The van der Waals surface area contributed by atoms with Gasteiger partial charge < -0.3 is 9.84 Å². The molecule has 1 heterocycles. The molecule has 0 saturated carbocycles. The van der Waals surface area contributed by atoms with E-state index in [1.165, 1.54) is 5.56 Å². The summed E-state index contributed by atoms with van der Waals surface area (Å²) in [6, 6.07) is 8.25. The fourth-order valence-corrected chi connectivity index (χ4v) is 3.05. The molecule has 0 aromatic heterocycles. The first-order chi connectivity index (χ1) is 9.58. The first-order valence-corrected chi connectivity index (χ1v) is 7.20. The van der Waals surface area contributed by atoms with E-state index >= 15 is 0 Å². The highest BCUT2D eigenvalue weighted by atomic mass is 16.5. The Morgan fingerprint density at radius 2 is 1.90 bits per heavy atom. The Kier molecular flexibility index (Phi) is 4.78. The number of rotatable bonds is 5. The molecule has 0 aliphatic carbocycles. The quantitative estimate of drug-likeness (QED) is 0.898. The van der Waals surface area contributed by atoms with Crippen molar-refractivity contribution in [1.29, 1.82) is 0 Å². The van der Waals surface area contributed by atoms with Crippen LogP contribution >= 0.6 is 0 Å². The summed E-state index contributed by atoms with van der Waals surface area (Å²) in [7, 11) is 0. The van der Waals surface area contributed by atoms with E-state index in [1.807, 2.05) is 6.92 Å². The van der Waals surface area contributed by atoms with E-state index < -0.39 is 11.5 Å². The van der Waals surface area contributed by atoms with Crippen LogP contribution in [0.25, 0.3) is 0 Å². The Hall–Kier alpha value is -1.39. The molecule has 1 aliphatic heterocycles. The lowest BCUT2D eigenvalue weighted by Crippen LogP contribution is -2.52. The fraction of sp³-hybridized carbons (Fsp3) is 0.562. The van der Waals surface area contributed by atoms with Crippen molar-refractivity contribution in [3.63, 3.8) is 0 Å². The van der Waals surface area contributed by atoms with E-state index in [9.17, 15) is 9.90 Å². The lowest BCUT2D eigenvalue weighted by atomic mass is 9.81. The van der Waals surface area contributed by atoms with E-state index in [4.69, 9.17) is 4.74 Å². The van der Waals surface area contributed by atoms with Crippen LogP contribution < -0.4 is 0 Å². The van der Waals surface area contributed by atoms with E-state index in [0.717, 1.165) is 25.1 Å². The molecule has 1 fully saturated rings. The number of benzene rings is 1. The molecular formula is C16H23NO3. The third-order valence-corrected chi connectivity index (χ3v) is 4.23. The molecule has 110 valence electrons. The largest absolute Gasteiger partial charge is 0.481 e. The van der Waals surface area contributed by atoms with Crippen molar-refractivity contribution in [2.24, 2.45) is 0 Å². The molecule has 2 rings (SSSR count). The summed E-state index contributed by atoms with van der Waals surface area (Å²) in [5.41, 5.74) is 1.86. The van der Waals surface area contributed by atoms with Gasteiger partial charge in [0.1, 0.15) is 0 Å². The Morgan fingerprint density at radius 1 is 1.30 bits per heavy atom. The van der Waals surface area contributed by atoms with E-state index in [2.05, 4.69) is 36.1 Å². The third kappa shape index (κ3) is 3.02. The van der Waals surface area contributed by atoms with Crippen LogP contribution in [0.2, 0.25) is 0 Å². The Bertz CT molecular complexity index is 451. The average molecular weight is 277 g/mol. The molecule has 1 atom stereocenters. The smallest absolute Gasteiger partial charge is 0.305 e. The first kappa shape index (κ1) is 15.0. The van der Waals surface area contributed by atoms with Crippen molar-refractivity contribution < 1.29 is 14.6 Å². The molecule has 1 N–H and O–H groups in total. The molecule has 4 nitrogen and oxygen atoms in total. The maximum Gasteiger partial charge on any atom is 0.305 e. The minimum absolute atomic E-state index is 0.132. The number of carboxylic acids is 1. The van der Waals surface area contributed by atoms with Crippen LogP contribution in [0.15, 0.2) is 24.3 Å². The van der Waals surface area contributed by atoms with Crippen molar-refractivity contribution in [2.75, 3.05) is 26.3 Å². The molecular weight excluding hydrogens is 254 g/mol. The zero-order chi connectivity index (χ0) is 14.6. The number of morpholine rings is 1. The van der Waals surface area contributed by atoms with Crippen LogP contribution in [0.5, 0.6) is 0 Å². The van der Waals surface area contributed by atoms with E-state index in [-0.39, 0.29) is 6.42 Å². The summed E-state index contributed by atoms with van der Waals surface area (Å²) < 4.78 is 5.41. The van der Waals surface area contributed by atoms with Crippen molar-refractivity contribution in [1.82, 2.24) is 4.90 Å². The van der Waals surface area contributed by atoms with Crippen LogP contribution in [0.3, 0.4) is 0 Å². The van der Waals surface area contributed by atoms with Crippen molar-refractivity contribution in [2.45, 2.75) is 32.2 Å². The molecule has 1 saturated heterocycles. The lowest BCUT2D eigenvalue weighted by Gasteiger charge is -2.45. The van der Waals surface area contributed by atoms with Crippen molar-refractivity contribution >= 4 is 5.97 Å². The minimum atomic E-state index is -0.751. The van der Waals surface area contributed by atoms with Crippen LogP contribution in [0.4, 0.5) is 0 Å². The normalized spacial score (nSPS) is 19.5. The van der Waals surface area contributed by atoms with Gasteiger partial charge in [0.15, 0.2) is 0 Å². The molecule has 0 bridgehead atoms. The SMILES string of the molecule is CCC(CC(=O)O)(c1ccc(C)cc1)N1CCOCC1. The van der Waals surface area contributed by atoms with Gasteiger partial charge in [-0.15, -0.1) is 0 Å². The van der Waals surface area contributed by atoms with E-state index in [0.29, 0.717) is 13.2 Å². The topological polar surface area (TPSA) is 49.8 Å². The Labute approximate surface area is 120 Å². The van der Waals surface area contributed by atoms with Gasteiger partial charge in [0, 0.05) is 13.1 Å². The maximum absolute atomic E-state index is 11.4. The zero-order valence-corrected chi connectivity index (χ0v) is 12.3. The van der Waals surface area contributed by atoms with Gasteiger partial charge in [0.05, 0.1) is 25.2 Å². The summed E-state index contributed by atoms with van der Waals surface area (Å²) in [5.74, 6) is -0.751. The summed E-state index contributed by atoms with van der Waals surface area (Å²) in [5, 5.41) is 9.37. The zero-order valence-electron chi connectivity index (χ0n) is 12.3. The second kappa shape index (κ2) is 6.37. The fourth-order valence-electron chi connectivity index (χ4n) is 3.05. The molecule has 0 spiro atoms. The van der Waals surface area contributed by atoms with Crippen LogP contribution in [-0.4, -0.2) is 42.3 Å². The summed E-state index contributed by atoms with van der Waals surface area (Å²) in [6.07, 6.45) is 0.912. The average Bonchev–Trinajstić information content (AvgIpc) is 2.46. The van der Waals surface area contributed by atoms with Gasteiger partial charge in [-0.3, -0.25) is 9.69 Å². The maximum atomic E-state index is 11.4. The Morgan fingerprint density at radius 3 is 2.40 bits per heavy atom. The number of carboxylic acid groups (broad SMARTS) is 1. The predicted molar refractivity (Wildman–Crippen MR) is 77.8 cm³/mol. The first-order valence-electron chi connectivity index (χ1n) is 7.20. The number of nitrogens with zero attached hydrogens (tertiary/aromatic N) is 1. The van der Waals surface area contributed by atoms with Gasteiger partial charge in [-0.1, -0.05) is 36.8 Å². The van der Waals surface area contributed by atoms with Crippen LogP contribution in [0, 0.1) is 6.92 Å². The number of ether oxygens (including phenoxy) is 1.